The zero-order chi connectivity index (χ0) is 15.7. The summed E-state index contributed by atoms with van der Waals surface area (Å²) in [6, 6.07) is 4.06. The summed E-state index contributed by atoms with van der Waals surface area (Å²) in [6.07, 6.45) is 3.35. The molecule has 5 nitrogen and oxygen atoms in total. The van der Waals surface area contributed by atoms with E-state index < -0.39 is 6.04 Å². The highest BCUT2D eigenvalue weighted by Gasteiger charge is 2.32. The Hall–Kier alpha value is -0.630. The highest BCUT2D eigenvalue weighted by molar-refractivity contribution is 9.11. The first kappa shape index (κ1) is 18.7. The lowest BCUT2D eigenvalue weighted by molar-refractivity contribution is -0.133. The van der Waals surface area contributed by atoms with Crippen molar-refractivity contribution < 1.29 is 9.59 Å². The van der Waals surface area contributed by atoms with Gasteiger partial charge in [0.25, 0.3) is 5.91 Å². The van der Waals surface area contributed by atoms with E-state index >= 15 is 0 Å². The molecule has 2 bridgehead atoms. The molecule has 0 aliphatic carbocycles. The van der Waals surface area contributed by atoms with E-state index in [0.29, 0.717) is 17.0 Å². The van der Waals surface area contributed by atoms with Crippen molar-refractivity contribution in [1.29, 1.82) is 0 Å². The van der Waals surface area contributed by atoms with Gasteiger partial charge in [-0.15, -0.1) is 23.7 Å². The molecule has 0 spiro atoms. The van der Waals surface area contributed by atoms with E-state index in [0.717, 1.165) is 29.7 Å². The smallest absolute Gasteiger partial charge is 0.262 e. The highest BCUT2D eigenvalue weighted by Crippen LogP contribution is 2.23. The number of rotatable bonds is 3. The number of carbonyl (C=O) groups is 2. The summed E-state index contributed by atoms with van der Waals surface area (Å²) in [5.41, 5.74) is 0. The highest BCUT2D eigenvalue weighted by atomic mass is 79.9. The Balaban J connectivity index is 0.00000192. The Bertz CT molecular complexity index is 583. The SMILES string of the molecule is CC(NC(=O)c1ccc(Br)s1)C(=O)N1CCC2CCC(C1)N2.Cl. The van der Waals surface area contributed by atoms with Gasteiger partial charge in [0.05, 0.1) is 8.66 Å². The first-order chi connectivity index (χ1) is 10.5. The maximum atomic E-state index is 12.6. The van der Waals surface area contributed by atoms with Crippen LogP contribution in [0.1, 0.15) is 35.9 Å². The maximum absolute atomic E-state index is 12.6. The van der Waals surface area contributed by atoms with E-state index in [1.54, 1.807) is 13.0 Å². The zero-order valence-electron chi connectivity index (χ0n) is 12.9. The van der Waals surface area contributed by atoms with Gasteiger partial charge in [-0.1, -0.05) is 0 Å². The molecule has 0 aromatic carbocycles. The predicted molar refractivity (Wildman–Crippen MR) is 97.3 cm³/mol. The fourth-order valence-corrected chi connectivity index (χ4v) is 4.47. The summed E-state index contributed by atoms with van der Waals surface area (Å²) in [6.45, 7) is 3.29. The normalized spacial score (nSPS) is 24.5. The van der Waals surface area contributed by atoms with Crippen molar-refractivity contribution >= 4 is 51.5 Å². The molecule has 0 saturated carbocycles. The van der Waals surface area contributed by atoms with Crippen LogP contribution >= 0.6 is 39.7 Å². The molecule has 3 rings (SSSR count). The maximum Gasteiger partial charge on any atom is 0.262 e. The minimum Gasteiger partial charge on any atom is -0.340 e. The lowest BCUT2D eigenvalue weighted by atomic mass is 10.1. The quantitative estimate of drug-likeness (QED) is 0.786. The summed E-state index contributed by atoms with van der Waals surface area (Å²) in [4.78, 5) is 27.2. The van der Waals surface area contributed by atoms with Crippen LogP contribution in [0.3, 0.4) is 0 Å². The van der Waals surface area contributed by atoms with Crippen LogP contribution in [0, 0.1) is 0 Å². The first-order valence-corrected chi connectivity index (χ1v) is 9.25. The minimum atomic E-state index is -0.495. The average Bonchev–Trinajstić information content (AvgIpc) is 3.04. The van der Waals surface area contributed by atoms with Gasteiger partial charge in [-0.25, -0.2) is 0 Å². The number of amides is 2. The fourth-order valence-electron chi connectivity index (χ4n) is 3.18. The Morgan fingerprint density at radius 3 is 2.78 bits per heavy atom. The van der Waals surface area contributed by atoms with Gasteiger partial charge in [0.1, 0.15) is 6.04 Å². The van der Waals surface area contributed by atoms with E-state index in [-0.39, 0.29) is 24.2 Å². The number of fused-ring (bicyclic) bond motifs is 2. The van der Waals surface area contributed by atoms with Gasteiger partial charge in [-0.3, -0.25) is 9.59 Å². The molecule has 2 N–H and O–H groups in total. The van der Waals surface area contributed by atoms with Gasteiger partial charge < -0.3 is 15.5 Å². The van der Waals surface area contributed by atoms with E-state index in [2.05, 4.69) is 26.6 Å². The second-order valence-electron chi connectivity index (χ2n) is 6.01. The van der Waals surface area contributed by atoms with Crippen molar-refractivity contribution in [2.45, 2.75) is 44.3 Å². The van der Waals surface area contributed by atoms with Crippen molar-refractivity contribution in [2.24, 2.45) is 0 Å². The number of thiophene rings is 1. The number of halogens is 2. The molecule has 2 aliphatic rings. The van der Waals surface area contributed by atoms with Gasteiger partial charge in [-0.05, 0) is 54.2 Å². The topological polar surface area (TPSA) is 61.4 Å². The van der Waals surface area contributed by atoms with Crippen LogP contribution in [0.25, 0.3) is 0 Å². The van der Waals surface area contributed by atoms with Crippen LogP contribution < -0.4 is 10.6 Å². The fraction of sp³-hybridized carbons (Fsp3) is 0.600. The van der Waals surface area contributed by atoms with Crippen molar-refractivity contribution in [3.8, 4) is 0 Å². The lowest BCUT2D eigenvalue weighted by Gasteiger charge is -2.27. The van der Waals surface area contributed by atoms with Crippen LogP contribution in [0.2, 0.25) is 0 Å². The Morgan fingerprint density at radius 2 is 2.09 bits per heavy atom. The number of hydrogen-bond acceptors (Lipinski definition) is 4. The molecule has 8 heteroatoms. The lowest BCUT2D eigenvalue weighted by Crippen LogP contribution is -2.49. The van der Waals surface area contributed by atoms with Gasteiger partial charge in [0.2, 0.25) is 5.91 Å². The monoisotopic (exact) mass is 421 g/mol. The van der Waals surface area contributed by atoms with Crippen molar-refractivity contribution in [1.82, 2.24) is 15.5 Å². The van der Waals surface area contributed by atoms with Gasteiger partial charge in [0, 0.05) is 25.2 Å². The molecule has 3 atom stereocenters. The second-order valence-corrected chi connectivity index (χ2v) is 8.47. The number of hydrogen-bond donors (Lipinski definition) is 2. The van der Waals surface area contributed by atoms with Gasteiger partial charge >= 0.3 is 0 Å². The zero-order valence-corrected chi connectivity index (χ0v) is 16.1. The molecular formula is C15H21BrClN3O2S. The van der Waals surface area contributed by atoms with Crippen molar-refractivity contribution in [2.75, 3.05) is 13.1 Å². The average molecular weight is 423 g/mol. The van der Waals surface area contributed by atoms with E-state index in [1.807, 2.05) is 11.0 Å². The molecular weight excluding hydrogens is 402 g/mol. The minimum absolute atomic E-state index is 0. The number of nitrogens with zero attached hydrogens (tertiary/aromatic N) is 1. The Labute approximate surface area is 154 Å². The van der Waals surface area contributed by atoms with Gasteiger partial charge in [-0.2, -0.15) is 0 Å². The van der Waals surface area contributed by atoms with Crippen LogP contribution in [0.15, 0.2) is 15.9 Å². The van der Waals surface area contributed by atoms with E-state index in [1.165, 1.54) is 17.8 Å². The predicted octanol–water partition coefficient (Wildman–Crippen LogP) is 2.40. The van der Waals surface area contributed by atoms with Crippen molar-refractivity contribution in [3.63, 3.8) is 0 Å². The molecule has 0 radical (unpaired) electrons. The molecule has 2 amide bonds. The molecule has 2 fully saturated rings. The van der Waals surface area contributed by atoms with E-state index in [4.69, 9.17) is 0 Å². The van der Waals surface area contributed by atoms with Crippen LogP contribution in [-0.4, -0.2) is 47.9 Å². The number of nitrogens with one attached hydrogen (secondary N) is 2. The molecule has 3 heterocycles. The second kappa shape index (κ2) is 7.96. The summed E-state index contributed by atoms with van der Waals surface area (Å²) in [5.74, 6) is -0.177. The van der Waals surface area contributed by atoms with Crippen LogP contribution in [0.5, 0.6) is 0 Å². The summed E-state index contributed by atoms with van der Waals surface area (Å²) < 4.78 is 0.909. The number of carbonyl (C=O) groups excluding carboxylic acids is 2. The van der Waals surface area contributed by atoms with Crippen molar-refractivity contribution in [3.05, 3.63) is 20.8 Å². The van der Waals surface area contributed by atoms with Crippen LogP contribution in [0.4, 0.5) is 0 Å². The summed E-state index contributed by atoms with van der Waals surface area (Å²) in [7, 11) is 0. The molecule has 3 unspecified atom stereocenters. The molecule has 1 aromatic rings. The Morgan fingerprint density at radius 1 is 1.35 bits per heavy atom. The van der Waals surface area contributed by atoms with Crippen LogP contribution in [-0.2, 0) is 4.79 Å². The van der Waals surface area contributed by atoms with Gasteiger partial charge in [0.15, 0.2) is 0 Å². The Kier molecular flexibility index (Phi) is 6.48. The third-order valence-electron chi connectivity index (χ3n) is 4.35. The largest absolute Gasteiger partial charge is 0.340 e. The molecule has 2 aliphatic heterocycles. The first-order valence-electron chi connectivity index (χ1n) is 7.64. The standard InChI is InChI=1S/C15H20BrN3O2S.ClH/c1-9(17-14(20)12-4-5-13(16)22-12)15(21)19-7-6-10-2-3-11(8-19)18-10;/h4-5,9-11,18H,2-3,6-8H2,1H3,(H,17,20);1H. The molecule has 128 valence electrons. The molecule has 1 aromatic heterocycles. The van der Waals surface area contributed by atoms with E-state index in [9.17, 15) is 9.59 Å². The third-order valence-corrected chi connectivity index (χ3v) is 5.97. The molecule has 2 saturated heterocycles. The summed E-state index contributed by atoms with van der Waals surface area (Å²) in [5, 5.41) is 6.37. The number of likely N-dealkylation sites (tertiary alicyclic amines) is 1. The summed E-state index contributed by atoms with van der Waals surface area (Å²) >= 11 is 4.71. The third kappa shape index (κ3) is 4.47. The molecule has 23 heavy (non-hydrogen) atoms.